The van der Waals surface area contributed by atoms with E-state index in [4.69, 9.17) is 85.3 Å². The van der Waals surface area contributed by atoms with Crippen LogP contribution in [0.5, 0.6) is 0 Å². The summed E-state index contributed by atoms with van der Waals surface area (Å²) < 4.78 is 110. The van der Waals surface area contributed by atoms with Gasteiger partial charge in [0.15, 0.2) is 55.5 Å². The quantitative estimate of drug-likeness (QED) is 0.0531. The summed E-state index contributed by atoms with van der Waals surface area (Å²) >= 11 is 3.43. The van der Waals surface area contributed by atoms with Crippen molar-refractivity contribution >= 4 is 88.2 Å². The smallest absolute Gasteiger partial charge is 0.408 e. The molecule has 0 aromatic heterocycles. The number of halogens is 1. The fourth-order valence-corrected chi connectivity index (χ4v) is 11.6. The van der Waals surface area contributed by atoms with E-state index < -0.39 is 236 Å². The number of alkyl halides is 1. The molecule has 3 aliphatic heterocycles. The van der Waals surface area contributed by atoms with Gasteiger partial charge in [-0.05, 0) is 122 Å². The lowest BCUT2D eigenvalue weighted by molar-refractivity contribution is -0.310. The summed E-state index contributed by atoms with van der Waals surface area (Å²) in [6.45, 7) is 28.0. The van der Waals surface area contributed by atoms with Crippen molar-refractivity contribution in [3.05, 3.63) is 35.9 Å². The van der Waals surface area contributed by atoms with Gasteiger partial charge >= 0.3 is 72.3 Å². The predicted molar refractivity (Wildman–Crippen MR) is 356 cm³/mol. The lowest BCUT2D eigenvalue weighted by Crippen LogP contribution is -2.71. The molecule has 4 aliphatic rings. The molecule has 36 heteroatoms. The monoisotopic (exact) mass is 1530 g/mol. The van der Waals surface area contributed by atoms with Gasteiger partial charge in [-0.2, -0.15) is 0 Å². The zero-order valence-electron chi connectivity index (χ0n) is 61.8. The van der Waals surface area contributed by atoms with Gasteiger partial charge in [0.25, 0.3) is 0 Å². The average Bonchev–Trinajstić information content (AvgIpc) is 1.74. The number of hydrogen-bond donors (Lipinski definition) is 5. The lowest BCUT2D eigenvalue weighted by atomic mass is 9.83. The van der Waals surface area contributed by atoms with Crippen molar-refractivity contribution in [1.29, 1.82) is 0 Å². The molecule has 19 atom stereocenters. The summed E-state index contributed by atoms with van der Waals surface area (Å²) in [4.78, 5) is 164. The molecule has 1 saturated carbocycles. The zero-order chi connectivity index (χ0) is 77.6. The van der Waals surface area contributed by atoms with Gasteiger partial charge in [-0.1, -0.05) is 34.1 Å². The van der Waals surface area contributed by atoms with Gasteiger partial charge in [-0.3, -0.25) is 28.8 Å². The third-order valence-corrected chi connectivity index (χ3v) is 15.0. The Hall–Kier alpha value is -7.90. The molecule has 0 radical (unpaired) electrons. The second kappa shape index (κ2) is 36.2. The molecule has 35 nitrogen and oxygen atoms in total. The van der Waals surface area contributed by atoms with E-state index in [9.17, 15) is 57.5 Å². The van der Waals surface area contributed by atoms with E-state index in [1.165, 1.54) is 32.9 Å². The third kappa shape index (κ3) is 27.9. The molecule has 5 N–H and O–H groups in total. The molecule has 3 heterocycles. The molecule has 1 aliphatic carbocycles. The van der Waals surface area contributed by atoms with Crippen molar-refractivity contribution in [3.63, 3.8) is 0 Å². The number of carbonyl (C=O) groups is 12. The summed E-state index contributed by atoms with van der Waals surface area (Å²) in [5.74, 6) is -6.89. The molecule has 4 fully saturated rings. The molecule has 1 aromatic rings. The standard InChI is InChI=1S/C67H100BrN5O30/c1-31(74)86-30-42-49(97-56-44(73-62(85)103-67(19,20)21)51(90-35(5)78)48(88-33(3)76)41(93-56)29-69-58(81)99-63(7,8)9)53(91-36(6)79)57(94-42)98-52-45(87-32(2)75)38(70-59(82)100-64(10,11)12)27-39(71-60(83)101-65(13,14)15)46(52)96-55-43(72-61(84)102-66(16,17)18)50(89-34(4)77)47(40(28-68)92-55)95-54(80)37-25-23-22-24-26-37/h22-26,38-53,55-57H,27-30H2,1-21H3,(H,69,81)(H,70,82)(H,71,83)(H,72,84)(H,73,85)/t38-,39+,40-,41-,42-,43-,44+,45+,46-,47-,48+,49-,50-,51+,52-,53-,55-,56+,57+/m1/s1. The SMILES string of the molecule is CC(=O)OC[C@H]1O[C@@H](O[C@@H]2[C@@H](OC(C)=O)[C@H](NC(=O)OC(C)(C)C)C[C@H](NC(=O)OC(C)(C)C)[C@H]2O[C@H]2O[C@H](CBr)[C@@H](OC(=O)c3ccccc3)[C@H](OC(C)=O)[C@H]2NC(=O)OC(C)(C)C)[C@H](OC(C)=O)[C@@H]1O[C@@H]1O[C@H](CNC(=O)OC(C)(C)C)[C@H](OC(C)=O)[C@@H](OC(C)=O)[C@@H]1NC(=O)OC(C)(C)C. The molecule has 580 valence electrons. The number of benzene rings is 1. The van der Waals surface area contributed by atoms with E-state index in [1.807, 2.05) is 0 Å². The Kier molecular flexibility index (Phi) is 30.1. The second-order valence-corrected chi connectivity index (χ2v) is 30.1. The maximum atomic E-state index is 14.4. The zero-order valence-corrected chi connectivity index (χ0v) is 63.4. The Morgan fingerprint density at radius 2 is 0.748 bits per heavy atom. The molecule has 0 unspecified atom stereocenters. The first-order chi connectivity index (χ1) is 47.5. The van der Waals surface area contributed by atoms with Crippen LogP contribution in [0, 0.1) is 0 Å². The van der Waals surface area contributed by atoms with E-state index in [2.05, 4.69) is 42.5 Å². The molecule has 1 aromatic carbocycles. The molecule has 103 heavy (non-hydrogen) atoms. The number of esters is 7. The van der Waals surface area contributed by atoms with Crippen molar-refractivity contribution in [2.45, 2.75) is 296 Å². The van der Waals surface area contributed by atoms with Crippen molar-refractivity contribution in [1.82, 2.24) is 26.6 Å². The highest BCUT2D eigenvalue weighted by atomic mass is 79.9. The second-order valence-electron chi connectivity index (χ2n) is 29.5. The van der Waals surface area contributed by atoms with Crippen LogP contribution in [-0.4, -0.2) is 235 Å². The van der Waals surface area contributed by atoms with Crippen LogP contribution in [0.25, 0.3) is 0 Å². The maximum Gasteiger partial charge on any atom is 0.408 e. The Bertz CT molecular complexity index is 3140. The van der Waals surface area contributed by atoms with Crippen molar-refractivity contribution in [2.24, 2.45) is 0 Å². The minimum absolute atomic E-state index is 0.0556. The molecular formula is C67H100BrN5O30. The van der Waals surface area contributed by atoms with Crippen LogP contribution in [0.2, 0.25) is 0 Å². The van der Waals surface area contributed by atoms with Gasteiger partial charge < -0.3 is 112 Å². The van der Waals surface area contributed by atoms with E-state index in [0.29, 0.717) is 0 Å². The number of hydrogen-bond acceptors (Lipinski definition) is 30. The van der Waals surface area contributed by atoms with E-state index in [-0.39, 0.29) is 10.9 Å². The molecule has 3 saturated heterocycles. The van der Waals surface area contributed by atoms with Gasteiger partial charge in [0, 0.05) is 46.9 Å². The minimum Gasteiger partial charge on any atom is -0.463 e. The van der Waals surface area contributed by atoms with E-state index in [0.717, 1.165) is 41.5 Å². The van der Waals surface area contributed by atoms with Crippen molar-refractivity contribution < 1.29 is 143 Å². The normalized spacial score (nSPS) is 28.7. The van der Waals surface area contributed by atoms with Gasteiger partial charge in [-0.15, -0.1) is 0 Å². The number of alkyl carbamates (subject to hydrolysis) is 5. The van der Waals surface area contributed by atoms with E-state index >= 15 is 0 Å². The predicted octanol–water partition coefficient (Wildman–Crippen LogP) is 5.66. The first kappa shape index (κ1) is 85.7. The van der Waals surface area contributed by atoms with Crippen molar-refractivity contribution in [2.75, 3.05) is 18.5 Å². The number of amides is 5. The maximum absolute atomic E-state index is 14.4. The summed E-state index contributed by atoms with van der Waals surface area (Å²) in [7, 11) is 0. The first-order valence-electron chi connectivity index (χ1n) is 33.2. The van der Waals surface area contributed by atoms with Gasteiger partial charge in [0.1, 0.15) is 83.3 Å². The van der Waals surface area contributed by atoms with Gasteiger partial charge in [-0.25, -0.2) is 28.8 Å². The fraction of sp³-hybridized carbons (Fsp3) is 0.731. The van der Waals surface area contributed by atoms with Crippen LogP contribution in [0.4, 0.5) is 24.0 Å². The summed E-state index contributed by atoms with van der Waals surface area (Å²) in [6, 6.07) is 0.937. The minimum atomic E-state index is -2.14. The highest BCUT2D eigenvalue weighted by Crippen LogP contribution is 2.40. The third-order valence-electron chi connectivity index (χ3n) is 14.4. The Morgan fingerprint density at radius 3 is 1.17 bits per heavy atom. The highest BCUT2D eigenvalue weighted by Gasteiger charge is 2.61. The summed E-state index contributed by atoms with van der Waals surface area (Å²) in [5, 5.41) is 12.9. The number of nitrogens with one attached hydrogen (secondary N) is 5. The van der Waals surface area contributed by atoms with Crippen LogP contribution in [0.1, 0.15) is 162 Å². The van der Waals surface area contributed by atoms with Crippen LogP contribution in [-0.2, 0) is 114 Å². The van der Waals surface area contributed by atoms with Crippen LogP contribution < -0.4 is 26.6 Å². The van der Waals surface area contributed by atoms with E-state index in [1.54, 1.807) is 101 Å². The van der Waals surface area contributed by atoms with Crippen molar-refractivity contribution in [3.8, 4) is 0 Å². The Balaban J connectivity index is 1.84. The largest absolute Gasteiger partial charge is 0.463 e. The Labute approximate surface area is 605 Å². The molecular weight excluding hydrogens is 1430 g/mol. The Morgan fingerprint density at radius 1 is 0.388 bits per heavy atom. The molecule has 0 spiro atoms. The summed E-state index contributed by atoms with van der Waals surface area (Å²) in [6.07, 6.45) is -33.6. The molecule has 5 rings (SSSR count). The number of rotatable bonds is 22. The average molecular weight is 1540 g/mol. The van der Waals surface area contributed by atoms with Crippen LogP contribution >= 0.6 is 15.9 Å². The molecule has 0 bridgehead atoms. The first-order valence-corrected chi connectivity index (χ1v) is 34.3. The van der Waals surface area contributed by atoms with Crippen LogP contribution in [0.15, 0.2) is 30.3 Å². The molecule has 5 amide bonds. The summed E-state index contributed by atoms with van der Waals surface area (Å²) in [5.41, 5.74) is -5.77. The fourth-order valence-electron chi connectivity index (χ4n) is 11.1. The number of ether oxygens (including phenoxy) is 18. The van der Waals surface area contributed by atoms with Gasteiger partial charge in [0.05, 0.1) is 24.2 Å². The highest BCUT2D eigenvalue weighted by molar-refractivity contribution is 9.09. The number of carbonyl (C=O) groups excluding carboxylic acids is 12. The van der Waals surface area contributed by atoms with Gasteiger partial charge in [0.2, 0.25) is 0 Å². The van der Waals surface area contributed by atoms with Crippen LogP contribution in [0.3, 0.4) is 0 Å². The lowest BCUT2D eigenvalue weighted by Gasteiger charge is -2.50. The topological polar surface area (TPSA) is 431 Å².